The van der Waals surface area contributed by atoms with Crippen LogP contribution in [0.4, 0.5) is 18.9 Å². The number of hydrogen-bond donors (Lipinski definition) is 2. The molecule has 7 heteroatoms. The quantitative estimate of drug-likeness (QED) is 0.834. The largest absolute Gasteiger partial charge is 0.449 e. The van der Waals surface area contributed by atoms with E-state index in [1.54, 1.807) is 12.1 Å². The van der Waals surface area contributed by atoms with Gasteiger partial charge in [0.05, 0.1) is 11.0 Å². The number of hydrogen-bond acceptors (Lipinski definition) is 3. The number of benzene rings is 1. The summed E-state index contributed by atoms with van der Waals surface area (Å²) in [5.41, 5.74) is 6.65. The van der Waals surface area contributed by atoms with Crippen molar-refractivity contribution < 1.29 is 18.3 Å². The topological polar surface area (TPSA) is 64.1 Å². The number of fused-ring (bicyclic) bond motifs is 1. The van der Waals surface area contributed by atoms with Crippen molar-refractivity contribution in [3.8, 4) is 0 Å². The molecular formula is C14H18F3N3O. The standard InChI is InChI=1S/C14H18F3N3O/c1-9(8-21)3-2-6-20-12-5-4-10(18)7-11(12)19-13(20)14(15,16)17/h4-5,7,9,21H,2-3,6,8,18H2,1H3. The average Bonchev–Trinajstić information content (AvgIpc) is 2.76. The van der Waals surface area contributed by atoms with E-state index in [0.29, 0.717) is 24.0 Å². The number of nitrogens with two attached hydrogens (primary N) is 1. The van der Waals surface area contributed by atoms with Gasteiger partial charge in [0.1, 0.15) is 0 Å². The van der Waals surface area contributed by atoms with Gasteiger partial charge in [-0.25, -0.2) is 4.98 Å². The number of aryl methyl sites for hydroxylation is 1. The second kappa shape index (κ2) is 5.93. The third-order valence-corrected chi connectivity index (χ3v) is 3.42. The van der Waals surface area contributed by atoms with Gasteiger partial charge >= 0.3 is 6.18 Å². The second-order valence-electron chi connectivity index (χ2n) is 5.26. The van der Waals surface area contributed by atoms with Crippen LogP contribution in [0.1, 0.15) is 25.6 Å². The Morgan fingerprint density at radius 3 is 2.71 bits per heavy atom. The van der Waals surface area contributed by atoms with E-state index in [9.17, 15) is 13.2 Å². The summed E-state index contributed by atoms with van der Waals surface area (Å²) < 4.78 is 40.4. The van der Waals surface area contributed by atoms with E-state index in [2.05, 4.69) is 4.98 Å². The lowest BCUT2D eigenvalue weighted by Gasteiger charge is -2.12. The van der Waals surface area contributed by atoms with Gasteiger partial charge in [0.2, 0.25) is 5.82 Å². The molecule has 1 heterocycles. The van der Waals surface area contributed by atoms with Gasteiger partial charge in [-0.2, -0.15) is 13.2 Å². The van der Waals surface area contributed by atoms with Gasteiger partial charge in [0, 0.05) is 18.8 Å². The predicted octanol–water partition coefficient (Wildman–Crippen LogP) is 3.05. The molecule has 3 N–H and O–H groups in total. The van der Waals surface area contributed by atoms with Crippen LogP contribution in [0.3, 0.4) is 0 Å². The molecule has 0 saturated heterocycles. The van der Waals surface area contributed by atoms with Crippen LogP contribution in [-0.4, -0.2) is 21.3 Å². The molecule has 1 unspecified atom stereocenters. The number of rotatable bonds is 5. The van der Waals surface area contributed by atoms with Crippen LogP contribution in [-0.2, 0) is 12.7 Å². The fourth-order valence-electron chi connectivity index (χ4n) is 2.28. The molecule has 21 heavy (non-hydrogen) atoms. The Balaban J connectivity index is 2.34. The Morgan fingerprint density at radius 1 is 1.38 bits per heavy atom. The second-order valence-corrected chi connectivity index (χ2v) is 5.26. The monoisotopic (exact) mass is 301 g/mol. The van der Waals surface area contributed by atoms with Crippen molar-refractivity contribution in [3.05, 3.63) is 24.0 Å². The lowest BCUT2D eigenvalue weighted by atomic mass is 10.1. The highest BCUT2D eigenvalue weighted by atomic mass is 19.4. The predicted molar refractivity (Wildman–Crippen MR) is 74.6 cm³/mol. The van der Waals surface area contributed by atoms with Crippen LogP contribution < -0.4 is 5.73 Å². The van der Waals surface area contributed by atoms with Gasteiger partial charge < -0.3 is 15.4 Å². The summed E-state index contributed by atoms with van der Waals surface area (Å²) in [6, 6.07) is 4.57. The first-order valence-corrected chi connectivity index (χ1v) is 6.76. The Hall–Kier alpha value is -1.76. The van der Waals surface area contributed by atoms with E-state index in [1.165, 1.54) is 10.6 Å². The summed E-state index contributed by atoms with van der Waals surface area (Å²) in [4.78, 5) is 3.67. The molecule has 1 atom stereocenters. The maximum Gasteiger partial charge on any atom is 0.449 e. The minimum atomic E-state index is -4.50. The summed E-state index contributed by atoms with van der Waals surface area (Å²) >= 11 is 0. The molecule has 0 aliphatic rings. The zero-order valence-electron chi connectivity index (χ0n) is 11.7. The van der Waals surface area contributed by atoms with Gasteiger partial charge in [-0.05, 0) is 37.0 Å². The molecule has 116 valence electrons. The first-order chi connectivity index (χ1) is 9.82. The van der Waals surface area contributed by atoms with Crippen LogP contribution in [0.25, 0.3) is 11.0 Å². The van der Waals surface area contributed by atoms with Crippen LogP contribution in [0.2, 0.25) is 0 Å². The lowest BCUT2D eigenvalue weighted by Crippen LogP contribution is -2.15. The van der Waals surface area contributed by atoms with E-state index < -0.39 is 12.0 Å². The Labute approximate surface area is 120 Å². The number of nitrogen functional groups attached to an aromatic ring is 1. The fraction of sp³-hybridized carbons (Fsp3) is 0.500. The maximum atomic E-state index is 13.1. The summed E-state index contributed by atoms with van der Waals surface area (Å²) in [6.07, 6.45) is -3.31. The van der Waals surface area contributed by atoms with Crippen molar-refractivity contribution in [2.45, 2.75) is 32.5 Å². The Morgan fingerprint density at radius 2 is 2.10 bits per heavy atom. The van der Waals surface area contributed by atoms with E-state index >= 15 is 0 Å². The highest BCUT2D eigenvalue weighted by Crippen LogP contribution is 2.32. The number of aliphatic hydroxyl groups excluding tert-OH is 1. The molecular weight excluding hydrogens is 283 g/mol. The summed E-state index contributed by atoms with van der Waals surface area (Å²) in [7, 11) is 0. The lowest BCUT2D eigenvalue weighted by molar-refractivity contribution is -0.147. The molecule has 0 radical (unpaired) electrons. The smallest absolute Gasteiger partial charge is 0.399 e. The number of nitrogens with zero attached hydrogens (tertiary/aromatic N) is 2. The highest BCUT2D eigenvalue weighted by molar-refractivity contribution is 5.79. The normalized spacial score (nSPS) is 13.8. The van der Waals surface area contributed by atoms with E-state index in [1.807, 2.05) is 6.92 Å². The van der Waals surface area contributed by atoms with Gasteiger partial charge in [-0.1, -0.05) is 6.92 Å². The molecule has 0 fully saturated rings. The molecule has 2 rings (SSSR count). The number of aliphatic hydroxyl groups is 1. The minimum absolute atomic E-state index is 0.0351. The van der Waals surface area contributed by atoms with Gasteiger partial charge in [0.25, 0.3) is 0 Å². The third-order valence-electron chi connectivity index (χ3n) is 3.42. The fourth-order valence-corrected chi connectivity index (χ4v) is 2.28. The van der Waals surface area contributed by atoms with Crippen LogP contribution in [0.15, 0.2) is 18.2 Å². The molecule has 1 aromatic heterocycles. The molecule has 0 aliphatic heterocycles. The molecule has 0 aliphatic carbocycles. The molecule has 2 aromatic rings. The Kier molecular flexibility index (Phi) is 4.41. The SMILES string of the molecule is CC(CO)CCCn1c(C(F)(F)F)nc2cc(N)ccc21. The van der Waals surface area contributed by atoms with Crippen molar-refractivity contribution >= 4 is 16.7 Å². The molecule has 0 amide bonds. The number of halogens is 3. The summed E-state index contributed by atoms with van der Waals surface area (Å²) in [5.74, 6) is -0.829. The van der Waals surface area contributed by atoms with Gasteiger partial charge in [-0.15, -0.1) is 0 Å². The first kappa shape index (κ1) is 15.6. The highest BCUT2D eigenvalue weighted by Gasteiger charge is 2.37. The van der Waals surface area contributed by atoms with E-state index in [-0.39, 0.29) is 24.6 Å². The minimum Gasteiger partial charge on any atom is -0.399 e. The first-order valence-electron chi connectivity index (χ1n) is 6.76. The van der Waals surface area contributed by atoms with Crippen LogP contribution in [0.5, 0.6) is 0 Å². The maximum absolute atomic E-state index is 13.1. The molecule has 0 saturated carbocycles. The number of alkyl halides is 3. The number of aromatic nitrogens is 2. The summed E-state index contributed by atoms with van der Waals surface area (Å²) in [6.45, 7) is 2.10. The molecule has 4 nitrogen and oxygen atoms in total. The van der Waals surface area contributed by atoms with Crippen molar-refractivity contribution in [2.24, 2.45) is 5.92 Å². The summed E-state index contributed by atoms with van der Waals surface area (Å²) in [5, 5.41) is 8.97. The van der Waals surface area contributed by atoms with Crippen molar-refractivity contribution in [2.75, 3.05) is 12.3 Å². The zero-order valence-corrected chi connectivity index (χ0v) is 11.7. The molecule has 1 aromatic carbocycles. The van der Waals surface area contributed by atoms with Gasteiger partial charge in [0.15, 0.2) is 0 Å². The molecule has 0 spiro atoms. The third kappa shape index (κ3) is 3.47. The van der Waals surface area contributed by atoms with Gasteiger partial charge in [-0.3, -0.25) is 0 Å². The van der Waals surface area contributed by atoms with E-state index in [4.69, 9.17) is 10.8 Å². The Bertz CT molecular complexity index is 622. The van der Waals surface area contributed by atoms with Crippen LogP contribution in [0, 0.1) is 5.92 Å². The number of imidazole rings is 1. The zero-order chi connectivity index (χ0) is 15.6. The van der Waals surface area contributed by atoms with Crippen molar-refractivity contribution in [3.63, 3.8) is 0 Å². The van der Waals surface area contributed by atoms with Crippen molar-refractivity contribution in [1.82, 2.24) is 9.55 Å². The van der Waals surface area contributed by atoms with Crippen molar-refractivity contribution in [1.29, 1.82) is 0 Å². The average molecular weight is 301 g/mol. The van der Waals surface area contributed by atoms with E-state index in [0.717, 1.165) is 0 Å². The molecule has 0 bridgehead atoms. The van der Waals surface area contributed by atoms with Crippen LogP contribution >= 0.6 is 0 Å². The number of anilines is 1.